The molecule has 3 fully saturated rings. The van der Waals surface area contributed by atoms with E-state index in [4.69, 9.17) is 0 Å². The van der Waals surface area contributed by atoms with Crippen molar-refractivity contribution >= 4 is 27.1 Å². The highest BCUT2D eigenvalue weighted by molar-refractivity contribution is 7.90. The minimum Gasteiger partial charge on any atom is -0.362 e. The zero-order valence-electron chi connectivity index (χ0n) is 15.9. The van der Waals surface area contributed by atoms with Crippen molar-refractivity contribution in [2.75, 3.05) is 37.3 Å². The molecule has 1 aromatic rings. The molecule has 8 nitrogen and oxygen atoms in total. The number of anilines is 1. The minimum absolute atomic E-state index is 0.0620. The molecular weight excluding hydrogens is 382 g/mol. The van der Waals surface area contributed by atoms with E-state index in [2.05, 4.69) is 0 Å². The van der Waals surface area contributed by atoms with Crippen molar-refractivity contribution in [1.29, 1.82) is 0 Å². The topological polar surface area (TPSA) is 101 Å². The van der Waals surface area contributed by atoms with Gasteiger partial charge >= 0.3 is 0 Å². The number of fused-ring (bicyclic) bond motifs is 2. The summed E-state index contributed by atoms with van der Waals surface area (Å²) in [5.74, 6) is 1.67. The number of hydrogen-bond acceptors (Lipinski definition) is 6. The van der Waals surface area contributed by atoms with Gasteiger partial charge < -0.3 is 9.80 Å². The summed E-state index contributed by atoms with van der Waals surface area (Å²) in [6.07, 6.45) is 5.67. The molecule has 1 aromatic carbocycles. The second-order valence-electron chi connectivity index (χ2n) is 8.27. The lowest BCUT2D eigenvalue weighted by Gasteiger charge is -2.38. The molecule has 1 heterocycles. The number of hydrogen-bond donors (Lipinski definition) is 0. The first kappa shape index (κ1) is 19.2. The van der Waals surface area contributed by atoms with Crippen LogP contribution in [0.4, 0.5) is 11.4 Å². The third-order valence-corrected chi connectivity index (χ3v) is 7.67. The van der Waals surface area contributed by atoms with Gasteiger partial charge in [0.15, 0.2) is 9.84 Å². The van der Waals surface area contributed by atoms with Crippen molar-refractivity contribution in [3.63, 3.8) is 0 Å². The number of piperazine rings is 1. The van der Waals surface area contributed by atoms with E-state index in [1.165, 1.54) is 31.4 Å². The molecule has 3 atom stereocenters. The van der Waals surface area contributed by atoms with Crippen molar-refractivity contribution < 1.29 is 18.1 Å². The lowest BCUT2D eigenvalue weighted by atomic mass is 9.87. The highest BCUT2D eigenvalue weighted by atomic mass is 32.2. The highest BCUT2D eigenvalue weighted by Crippen LogP contribution is 2.49. The normalized spacial score (nSPS) is 27.2. The van der Waals surface area contributed by atoms with Crippen LogP contribution in [-0.2, 0) is 14.6 Å². The van der Waals surface area contributed by atoms with E-state index in [1.54, 1.807) is 0 Å². The molecule has 0 aromatic heterocycles. The monoisotopic (exact) mass is 407 g/mol. The summed E-state index contributed by atoms with van der Waals surface area (Å²) in [4.78, 5) is 27.5. The van der Waals surface area contributed by atoms with Crippen LogP contribution in [0.2, 0.25) is 0 Å². The van der Waals surface area contributed by atoms with Crippen LogP contribution in [0.25, 0.3) is 0 Å². The molecular formula is C19H25N3O5S. The molecule has 152 valence electrons. The Balaban J connectivity index is 1.46. The third kappa shape index (κ3) is 3.47. The molecule has 2 saturated carbocycles. The number of amides is 1. The Bertz CT molecular complexity index is 908. The number of carbonyl (C=O) groups is 1. The van der Waals surface area contributed by atoms with Crippen molar-refractivity contribution in [2.45, 2.75) is 30.6 Å². The molecule has 4 rings (SSSR count). The van der Waals surface area contributed by atoms with Gasteiger partial charge in [-0.1, -0.05) is 6.42 Å². The Morgan fingerprint density at radius 2 is 1.86 bits per heavy atom. The number of sulfone groups is 1. The van der Waals surface area contributed by atoms with Gasteiger partial charge in [-0.3, -0.25) is 14.9 Å². The summed E-state index contributed by atoms with van der Waals surface area (Å²) >= 11 is 0. The summed E-state index contributed by atoms with van der Waals surface area (Å²) in [6.45, 7) is 2.09. The van der Waals surface area contributed by atoms with E-state index in [0.29, 0.717) is 37.8 Å². The van der Waals surface area contributed by atoms with Gasteiger partial charge in [0.1, 0.15) is 5.69 Å². The number of carbonyl (C=O) groups excluding carboxylic acids is 1. The molecule has 0 N–H and O–H groups in total. The van der Waals surface area contributed by atoms with E-state index in [0.717, 1.165) is 24.7 Å². The second-order valence-corrected chi connectivity index (χ2v) is 10.3. The Kier molecular flexibility index (Phi) is 4.81. The maximum Gasteiger partial charge on any atom is 0.293 e. The van der Waals surface area contributed by atoms with Crippen LogP contribution in [0.1, 0.15) is 25.7 Å². The minimum atomic E-state index is -3.52. The summed E-state index contributed by atoms with van der Waals surface area (Å²) in [5.41, 5.74) is 0.195. The van der Waals surface area contributed by atoms with Gasteiger partial charge in [0, 0.05) is 44.4 Å². The highest BCUT2D eigenvalue weighted by Gasteiger charge is 2.44. The fraction of sp³-hybridized carbons (Fsp3) is 0.632. The largest absolute Gasteiger partial charge is 0.362 e. The quantitative estimate of drug-likeness (QED) is 0.559. The summed E-state index contributed by atoms with van der Waals surface area (Å²) in [5, 5.41) is 11.5. The van der Waals surface area contributed by atoms with Gasteiger partial charge in [-0.25, -0.2) is 8.42 Å². The number of nitro groups is 1. The Morgan fingerprint density at radius 3 is 2.39 bits per heavy atom. The van der Waals surface area contributed by atoms with Crippen LogP contribution >= 0.6 is 0 Å². The molecule has 1 amide bonds. The fourth-order valence-corrected chi connectivity index (χ4v) is 5.74. The SMILES string of the molecule is CS(=O)(=O)c1ccc(N2CCN(C(=O)[C@@H]3C[C@H]4CC[C@H]3C4)CC2)c([N+](=O)[O-])c1. The molecule has 0 spiro atoms. The fourth-order valence-electron chi connectivity index (χ4n) is 5.10. The van der Waals surface area contributed by atoms with Gasteiger partial charge in [-0.05, 0) is 43.2 Å². The van der Waals surface area contributed by atoms with Crippen molar-refractivity contribution in [3.8, 4) is 0 Å². The van der Waals surface area contributed by atoms with Gasteiger partial charge in [0.25, 0.3) is 5.69 Å². The van der Waals surface area contributed by atoms with Crippen LogP contribution in [0.5, 0.6) is 0 Å². The van der Waals surface area contributed by atoms with E-state index in [9.17, 15) is 23.3 Å². The van der Waals surface area contributed by atoms with Gasteiger partial charge in [-0.15, -0.1) is 0 Å². The summed E-state index contributed by atoms with van der Waals surface area (Å²) in [6, 6.07) is 4.03. The Morgan fingerprint density at radius 1 is 1.14 bits per heavy atom. The zero-order valence-corrected chi connectivity index (χ0v) is 16.7. The third-order valence-electron chi connectivity index (χ3n) is 6.56. The van der Waals surface area contributed by atoms with Gasteiger partial charge in [0.2, 0.25) is 5.91 Å². The zero-order chi connectivity index (χ0) is 20.1. The first-order chi connectivity index (χ1) is 13.2. The average molecular weight is 407 g/mol. The lowest BCUT2D eigenvalue weighted by molar-refractivity contribution is -0.384. The molecule has 9 heteroatoms. The predicted molar refractivity (Wildman–Crippen MR) is 104 cm³/mol. The lowest BCUT2D eigenvalue weighted by Crippen LogP contribution is -2.51. The number of rotatable bonds is 4. The van der Waals surface area contributed by atoms with Crippen LogP contribution in [-0.4, -0.2) is 56.6 Å². The smallest absolute Gasteiger partial charge is 0.293 e. The second kappa shape index (κ2) is 7.02. The predicted octanol–water partition coefficient (Wildman–Crippen LogP) is 2.08. The number of benzene rings is 1. The van der Waals surface area contributed by atoms with Crippen LogP contribution < -0.4 is 4.90 Å². The summed E-state index contributed by atoms with van der Waals surface area (Å²) in [7, 11) is -3.52. The molecule has 1 saturated heterocycles. The first-order valence-corrected chi connectivity index (χ1v) is 11.7. The Labute approximate surface area is 164 Å². The van der Waals surface area contributed by atoms with E-state index in [-0.39, 0.29) is 22.4 Å². The van der Waals surface area contributed by atoms with Crippen LogP contribution in [0.15, 0.2) is 23.1 Å². The molecule has 2 bridgehead atoms. The van der Waals surface area contributed by atoms with E-state index in [1.807, 2.05) is 9.80 Å². The van der Waals surface area contributed by atoms with Crippen molar-refractivity contribution in [2.24, 2.45) is 17.8 Å². The number of nitrogens with zero attached hydrogens (tertiary/aromatic N) is 3. The number of nitro benzene ring substituents is 1. The molecule has 1 aliphatic heterocycles. The van der Waals surface area contributed by atoms with Crippen molar-refractivity contribution in [3.05, 3.63) is 28.3 Å². The van der Waals surface area contributed by atoms with E-state index < -0.39 is 14.8 Å². The maximum atomic E-state index is 12.9. The van der Waals surface area contributed by atoms with Crippen molar-refractivity contribution in [1.82, 2.24) is 4.90 Å². The molecule has 0 unspecified atom stereocenters. The standard InChI is InChI=1S/C19H25N3O5S/c1-28(26,27)15-4-5-17(18(12-15)22(24)25)20-6-8-21(9-7-20)19(23)16-11-13-2-3-14(16)10-13/h4-5,12-14,16H,2-3,6-11H2,1H3/t13-,14-,16+/m0/s1. The molecule has 3 aliphatic rings. The van der Waals surface area contributed by atoms with Gasteiger partial charge in [-0.2, -0.15) is 0 Å². The van der Waals surface area contributed by atoms with Gasteiger partial charge in [0.05, 0.1) is 9.82 Å². The average Bonchev–Trinajstić information content (AvgIpc) is 3.30. The maximum absolute atomic E-state index is 12.9. The first-order valence-electron chi connectivity index (χ1n) is 9.76. The molecule has 0 radical (unpaired) electrons. The summed E-state index contributed by atoms with van der Waals surface area (Å²) < 4.78 is 23.4. The Hall–Kier alpha value is -2.16. The molecule has 28 heavy (non-hydrogen) atoms. The van der Waals surface area contributed by atoms with Crippen LogP contribution in [0.3, 0.4) is 0 Å². The van der Waals surface area contributed by atoms with Crippen LogP contribution in [0, 0.1) is 27.9 Å². The molecule has 2 aliphatic carbocycles. The van der Waals surface area contributed by atoms with E-state index >= 15 is 0 Å².